The topological polar surface area (TPSA) is 134 Å². The van der Waals surface area contributed by atoms with Crippen LogP contribution in [0.15, 0.2) is 42.4 Å². The lowest BCUT2D eigenvalue weighted by molar-refractivity contribution is 0.0365. The summed E-state index contributed by atoms with van der Waals surface area (Å²) in [6.07, 6.45) is 6.23. The molecule has 1 aromatic carbocycles. The van der Waals surface area contributed by atoms with Crippen molar-refractivity contribution in [1.29, 1.82) is 0 Å². The van der Waals surface area contributed by atoms with E-state index < -0.39 is 15.9 Å². The number of ether oxygens (including phenoxy) is 1. The number of methoxy groups -OCH3 is 1. The Morgan fingerprint density at radius 3 is 2.63 bits per heavy atom. The van der Waals surface area contributed by atoms with Crippen molar-refractivity contribution in [3.05, 3.63) is 53.5 Å². The van der Waals surface area contributed by atoms with Gasteiger partial charge in [-0.2, -0.15) is 0 Å². The molecule has 4 rings (SSSR count). The maximum absolute atomic E-state index is 12.8. The van der Waals surface area contributed by atoms with Gasteiger partial charge in [-0.25, -0.2) is 18.9 Å². The number of carbonyl (C=O) groups is 1. The summed E-state index contributed by atoms with van der Waals surface area (Å²) in [7, 11) is -0.432. The summed E-state index contributed by atoms with van der Waals surface area (Å²) in [4.78, 5) is 22.2. The van der Waals surface area contributed by atoms with E-state index in [-0.39, 0.29) is 11.7 Å². The van der Waals surface area contributed by atoms with Crippen LogP contribution in [0.1, 0.15) is 41.6 Å². The average Bonchev–Trinajstić information content (AvgIpc) is 3.65. The minimum atomic E-state index is -3.52. The third-order valence-electron chi connectivity index (χ3n) is 5.84. The fraction of sp³-hybridized carbons (Fsp3) is 0.391. The molecule has 2 aliphatic rings. The van der Waals surface area contributed by atoms with Crippen LogP contribution in [-0.4, -0.2) is 52.5 Å². The van der Waals surface area contributed by atoms with Crippen molar-refractivity contribution in [2.24, 2.45) is 0 Å². The van der Waals surface area contributed by atoms with Crippen LogP contribution in [0.25, 0.3) is 0 Å². The lowest BCUT2D eigenvalue weighted by Crippen LogP contribution is -2.43. The van der Waals surface area contributed by atoms with Gasteiger partial charge >= 0.3 is 0 Å². The standard InChI is InChI=1S/C23H30N6O5S/c1-5-34-28-23(30)16-12-24-21(27-22-20(33-3)13-25-22)11-18(16)26-17-9-8-15(14-6-7-14)10-19(17)29(2)35(4,31)32/h8-14,22,25H,5-7H2,1-4H3,(H,28,30)(H2,24,26,27)/t22-/m1/s1. The smallest absolute Gasteiger partial charge is 0.278 e. The van der Waals surface area contributed by atoms with Gasteiger partial charge in [0.1, 0.15) is 5.82 Å². The summed E-state index contributed by atoms with van der Waals surface area (Å²) in [6, 6.07) is 7.37. The molecule has 188 valence electrons. The number of nitrogens with one attached hydrogen (secondary N) is 4. The van der Waals surface area contributed by atoms with Crippen molar-refractivity contribution < 1.29 is 22.8 Å². The van der Waals surface area contributed by atoms with E-state index in [9.17, 15) is 13.2 Å². The van der Waals surface area contributed by atoms with Crippen molar-refractivity contribution in [3.63, 3.8) is 0 Å². The summed E-state index contributed by atoms with van der Waals surface area (Å²) in [5.74, 6) is 1.15. The van der Waals surface area contributed by atoms with Crippen LogP contribution in [0.2, 0.25) is 0 Å². The number of hydrogen-bond acceptors (Lipinski definition) is 9. The number of amides is 1. The zero-order valence-corrected chi connectivity index (χ0v) is 20.9. The lowest BCUT2D eigenvalue weighted by Gasteiger charge is -2.29. The number of hydroxylamine groups is 1. The van der Waals surface area contributed by atoms with Crippen LogP contribution in [0.5, 0.6) is 0 Å². The summed E-state index contributed by atoms with van der Waals surface area (Å²) < 4.78 is 31.2. The molecule has 2 heterocycles. The van der Waals surface area contributed by atoms with Gasteiger partial charge in [0.05, 0.1) is 42.6 Å². The Balaban J connectivity index is 1.70. The van der Waals surface area contributed by atoms with Gasteiger partial charge in [-0.05, 0) is 43.4 Å². The number of hydrogen-bond donors (Lipinski definition) is 4. The summed E-state index contributed by atoms with van der Waals surface area (Å²) in [5, 5.41) is 9.49. The average molecular weight is 503 g/mol. The normalized spacial score (nSPS) is 16.9. The third-order valence-corrected chi connectivity index (χ3v) is 7.03. The first-order valence-corrected chi connectivity index (χ1v) is 13.1. The van der Waals surface area contributed by atoms with Crippen LogP contribution >= 0.6 is 0 Å². The molecule has 0 bridgehead atoms. The number of carbonyl (C=O) groups excluding carboxylic acids is 1. The molecule has 2 aromatic rings. The SMILES string of the molecule is CCONC(=O)c1cnc(N[C@H]2NC=C2OC)cc1Nc1ccc(C2CC2)cc1N(C)S(C)(=O)=O. The summed E-state index contributed by atoms with van der Waals surface area (Å²) in [6.45, 7) is 2.05. The van der Waals surface area contributed by atoms with Gasteiger partial charge in [-0.15, -0.1) is 0 Å². The van der Waals surface area contributed by atoms with E-state index >= 15 is 0 Å². The third kappa shape index (κ3) is 5.60. The highest BCUT2D eigenvalue weighted by Crippen LogP contribution is 2.43. The molecular weight excluding hydrogens is 472 g/mol. The van der Waals surface area contributed by atoms with Crippen molar-refractivity contribution >= 4 is 38.8 Å². The Morgan fingerprint density at radius 1 is 1.26 bits per heavy atom. The monoisotopic (exact) mass is 502 g/mol. The highest BCUT2D eigenvalue weighted by atomic mass is 32.2. The molecule has 4 N–H and O–H groups in total. The van der Waals surface area contributed by atoms with Gasteiger partial charge < -0.3 is 20.7 Å². The molecule has 1 aliphatic heterocycles. The molecule has 12 heteroatoms. The quantitative estimate of drug-likeness (QED) is 0.342. The van der Waals surface area contributed by atoms with Gasteiger partial charge in [-0.1, -0.05) is 6.07 Å². The Labute approximate surface area is 204 Å². The van der Waals surface area contributed by atoms with Gasteiger partial charge in [-0.3, -0.25) is 13.9 Å². The fourth-order valence-corrected chi connectivity index (χ4v) is 4.10. The van der Waals surface area contributed by atoms with Crippen molar-refractivity contribution in [2.45, 2.75) is 31.8 Å². The predicted octanol–water partition coefficient (Wildman–Crippen LogP) is 2.61. The molecule has 35 heavy (non-hydrogen) atoms. The van der Waals surface area contributed by atoms with Crippen molar-refractivity contribution in [2.75, 3.05) is 42.0 Å². The molecule has 1 saturated carbocycles. The minimum absolute atomic E-state index is 0.229. The molecule has 11 nitrogen and oxygen atoms in total. The second-order valence-electron chi connectivity index (χ2n) is 8.38. The van der Waals surface area contributed by atoms with E-state index in [4.69, 9.17) is 9.57 Å². The minimum Gasteiger partial charge on any atom is -0.495 e. The second-order valence-corrected chi connectivity index (χ2v) is 10.4. The predicted molar refractivity (Wildman–Crippen MR) is 134 cm³/mol. The summed E-state index contributed by atoms with van der Waals surface area (Å²) >= 11 is 0. The van der Waals surface area contributed by atoms with Crippen LogP contribution in [0.4, 0.5) is 22.9 Å². The van der Waals surface area contributed by atoms with E-state index in [2.05, 4.69) is 26.4 Å². The second kappa shape index (κ2) is 10.0. The number of nitrogens with zero attached hydrogens (tertiary/aromatic N) is 2. The van der Waals surface area contributed by atoms with Crippen LogP contribution in [-0.2, 0) is 19.6 Å². The number of anilines is 4. The number of rotatable bonds is 11. The van der Waals surface area contributed by atoms with Gasteiger partial charge in [0.2, 0.25) is 10.0 Å². The number of benzene rings is 1. The zero-order valence-electron chi connectivity index (χ0n) is 20.1. The van der Waals surface area contributed by atoms with Crippen LogP contribution < -0.4 is 25.7 Å². The Morgan fingerprint density at radius 2 is 2.03 bits per heavy atom. The Hall–Kier alpha value is -3.51. The molecular formula is C23H30N6O5S. The molecule has 0 radical (unpaired) electrons. The zero-order chi connectivity index (χ0) is 25.2. The van der Waals surface area contributed by atoms with E-state index in [0.717, 1.165) is 24.7 Å². The largest absolute Gasteiger partial charge is 0.495 e. The number of aromatic nitrogens is 1. The first-order chi connectivity index (χ1) is 16.7. The Kier molecular flexibility index (Phi) is 7.03. The maximum atomic E-state index is 12.8. The van der Waals surface area contributed by atoms with Crippen molar-refractivity contribution in [1.82, 2.24) is 15.8 Å². The molecule has 0 spiro atoms. The highest BCUT2D eigenvalue weighted by molar-refractivity contribution is 7.92. The van der Waals surface area contributed by atoms with E-state index in [1.165, 1.54) is 17.5 Å². The maximum Gasteiger partial charge on any atom is 0.278 e. The molecule has 1 aliphatic carbocycles. The van der Waals surface area contributed by atoms with Gasteiger partial charge in [0.25, 0.3) is 5.91 Å². The van der Waals surface area contributed by atoms with E-state index in [1.807, 2.05) is 18.2 Å². The molecule has 1 atom stereocenters. The molecule has 0 unspecified atom stereocenters. The van der Waals surface area contributed by atoms with E-state index in [0.29, 0.717) is 41.2 Å². The van der Waals surface area contributed by atoms with Crippen LogP contribution in [0.3, 0.4) is 0 Å². The lowest BCUT2D eigenvalue weighted by atomic mass is 10.1. The first kappa shape index (κ1) is 24.6. The van der Waals surface area contributed by atoms with Gasteiger partial charge in [0.15, 0.2) is 11.9 Å². The van der Waals surface area contributed by atoms with Crippen molar-refractivity contribution in [3.8, 4) is 0 Å². The molecule has 0 saturated heterocycles. The fourth-order valence-electron chi connectivity index (χ4n) is 3.59. The number of sulfonamides is 1. The molecule has 1 amide bonds. The highest BCUT2D eigenvalue weighted by Gasteiger charge is 2.27. The van der Waals surface area contributed by atoms with Gasteiger partial charge in [0, 0.05) is 25.5 Å². The number of pyridine rings is 1. The Bertz CT molecular complexity index is 1240. The molecule has 1 aromatic heterocycles. The van der Waals surface area contributed by atoms with Crippen LogP contribution in [0, 0.1) is 0 Å². The molecule has 1 fully saturated rings. The summed E-state index contributed by atoms with van der Waals surface area (Å²) in [5.41, 5.74) is 5.14. The van der Waals surface area contributed by atoms with E-state index in [1.54, 1.807) is 26.3 Å². The first-order valence-electron chi connectivity index (χ1n) is 11.2.